The molecule has 0 rings (SSSR count). The molecule has 0 saturated heterocycles. The Labute approximate surface area is 77.8 Å². The average molecular weight is 166 g/mol. The summed E-state index contributed by atoms with van der Waals surface area (Å²) in [5, 5.41) is 0. The molecule has 0 aliphatic carbocycles. The topological polar surface area (TPSA) is 0 Å². The minimum absolute atomic E-state index is 0.548. The van der Waals surface area contributed by atoms with Crippen molar-refractivity contribution in [2.24, 2.45) is 5.92 Å². The summed E-state index contributed by atoms with van der Waals surface area (Å²) in [6.07, 6.45) is 14.5. The molecule has 0 bridgehead atoms. The molecule has 0 heteroatoms. The molecule has 70 valence electrons. The van der Waals surface area contributed by atoms with Crippen molar-refractivity contribution in [1.29, 1.82) is 0 Å². The van der Waals surface area contributed by atoms with Crippen LogP contribution < -0.4 is 0 Å². The van der Waals surface area contributed by atoms with Gasteiger partial charge in [0, 0.05) is 5.92 Å². The normalized spacial score (nSPS) is 12.4. The highest BCUT2D eigenvalue weighted by molar-refractivity contribution is 4.92. The molecular formula is C12H22. The minimum atomic E-state index is 0.548. The Bertz CT molecular complexity index is 118. The number of hydrogen-bond acceptors (Lipinski definition) is 0. The molecule has 0 spiro atoms. The zero-order valence-electron chi connectivity index (χ0n) is 8.60. The molecule has 0 radical (unpaired) electrons. The second-order valence-electron chi connectivity index (χ2n) is 3.50. The predicted octanol–water partition coefficient (Wildman–Crippen LogP) is 4.01. The summed E-state index contributed by atoms with van der Waals surface area (Å²) in [6, 6.07) is 0. The lowest BCUT2D eigenvalue weighted by molar-refractivity contribution is 0.509. The van der Waals surface area contributed by atoms with Gasteiger partial charge in [-0.15, -0.1) is 12.3 Å². The fraction of sp³-hybridized carbons (Fsp3) is 0.833. The van der Waals surface area contributed by atoms with E-state index in [1.807, 2.05) is 0 Å². The Morgan fingerprint density at radius 1 is 1.00 bits per heavy atom. The van der Waals surface area contributed by atoms with E-state index >= 15 is 0 Å². The third-order valence-corrected chi connectivity index (χ3v) is 2.28. The van der Waals surface area contributed by atoms with Crippen LogP contribution in [0.4, 0.5) is 0 Å². The molecule has 1 unspecified atom stereocenters. The number of hydrogen-bond donors (Lipinski definition) is 0. The van der Waals surface area contributed by atoms with Gasteiger partial charge < -0.3 is 0 Å². The summed E-state index contributed by atoms with van der Waals surface area (Å²) >= 11 is 0. The van der Waals surface area contributed by atoms with Crippen LogP contribution in [0.25, 0.3) is 0 Å². The van der Waals surface area contributed by atoms with Gasteiger partial charge in [0.15, 0.2) is 0 Å². The molecule has 0 aromatic heterocycles. The van der Waals surface area contributed by atoms with Gasteiger partial charge in [0.05, 0.1) is 0 Å². The van der Waals surface area contributed by atoms with E-state index in [4.69, 9.17) is 6.42 Å². The molecule has 0 heterocycles. The van der Waals surface area contributed by atoms with Crippen molar-refractivity contribution in [2.45, 2.75) is 58.8 Å². The molecule has 0 aromatic carbocycles. The van der Waals surface area contributed by atoms with Crippen molar-refractivity contribution in [2.75, 3.05) is 0 Å². The first-order chi connectivity index (χ1) is 5.85. The van der Waals surface area contributed by atoms with Crippen LogP contribution in [0.3, 0.4) is 0 Å². The minimum Gasteiger partial charge on any atom is -0.120 e. The van der Waals surface area contributed by atoms with E-state index in [1.165, 1.54) is 44.9 Å². The van der Waals surface area contributed by atoms with Crippen LogP contribution in [0.5, 0.6) is 0 Å². The summed E-state index contributed by atoms with van der Waals surface area (Å²) in [5.41, 5.74) is 0. The summed E-state index contributed by atoms with van der Waals surface area (Å²) in [5.74, 6) is 3.43. The fourth-order valence-electron chi connectivity index (χ4n) is 1.48. The molecule has 12 heavy (non-hydrogen) atoms. The van der Waals surface area contributed by atoms with Gasteiger partial charge >= 0.3 is 0 Å². The quantitative estimate of drug-likeness (QED) is 0.396. The van der Waals surface area contributed by atoms with Gasteiger partial charge in [-0.3, -0.25) is 0 Å². The van der Waals surface area contributed by atoms with Crippen LogP contribution in [0, 0.1) is 18.3 Å². The van der Waals surface area contributed by atoms with E-state index in [1.54, 1.807) is 0 Å². The maximum absolute atomic E-state index is 5.42. The van der Waals surface area contributed by atoms with Crippen molar-refractivity contribution in [3.05, 3.63) is 0 Å². The van der Waals surface area contributed by atoms with Crippen LogP contribution in [0.1, 0.15) is 58.8 Å². The lowest BCUT2D eigenvalue weighted by atomic mass is 9.97. The highest BCUT2D eigenvalue weighted by Crippen LogP contribution is 2.14. The first kappa shape index (κ1) is 11.6. The molecule has 0 saturated carbocycles. The van der Waals surface area contributed by atoms with Crippen molar-refractivity contribution in [3.8, 4) is 12.3 Å². The smallest absolute Gasteiger partial charge is 0.0200 e. The maximum Gasteiger partial charge on any atom is 0.0200 e. The second-order valence-corrected chi connectivity index (χ2v) is 3.50. The Morgan fingerprint density at radius 2 is 1.75 bits per heavy atom. The van der Waals surface area contributed by atoms with Gasteiger partial charge in [-0.05, 0) is 12.8 Å². The van der Waals surface area contributed by atoms with Crippen LogP contribution in [0.2, 0.25) is 0 Å². The molecule has 0 aliphatic heterocycles. The SMILES string of the molecule is C#CC(CCC)CCCCCC. The van der Waals surface area contributed by atoms with Gasteiger partial charge in [0.1, 0.15) is 0 Å². The first-order valence-electron chi connectivity index (χ1n) is 5.31. The van der Waals surface area contributed by atoms with Gasteiger partial charge in [0.2, 0.25) is 0 Å². The summed E-state index contributed by atoms with van der Waals surface area (Å²) in [7, 11) is 0. The number of terminal acetylenes is 1. The van der Waals surface area contributed by atoms with E-state index in [2.05, 4.69) is 19.8 Å². The Morgan fingerprint density at radius 3 is 2.25 bits per heavy atom. The van der Waals surface area contributed by atoms with E-state index in [0.717, 1.165) is 0 Å². The molecule has 1 atom stereocenters. The predicted molar refractivity (Wildman–Crippen MR) is 56.0 cm³/mol. The summed E-state index contributed by atoms with van der Waals surface area (Å²) in [4.78, 5) is 0. The highest BCUT2D eigenvalue weighted by Gasteiger charge is 2.01. The van der Waals surface area contributed by atoms with Crippen molar-refractivity contribution in [3.63, 3.8) is 0 Å². The van der Waals surface area contributed by atoms with Gasteiger partial charge in [-0.25, -0.2) is 0 Å². The monoisotopic (exact) mass is 166 g/mol. The molecule has 0 aromatic rings. The maximum atomic E-state index is 5.42. The van der Waals surface area contributed by atoms with Crippen molar-refractivity contribution < 1.29 is 0 Å². The van der Waals surface area contributed by atoms with Gasteiger partial charge in [-0.1, -0.05) is 46.0 Å². The highest BCUT2D eigenvalue weighted by atomic mass is 14.1. The Hall–Kier alpha value is -0.440. The third-order valence-electron chi connectivity index (χ3n) is 2.28. The van der Waals surface area contributed by atoms with E-state index in [0.29, 0.717) is 5.92 Å². The molecule has 0 fully saturated rings. The molecule has 0 amide bonds. The Kier molecular flexibility index (Phi) is 8.34. The number of unbranched alkanes of at least 4 members (excludes halogenated alkanes) is 3. The largest absolute Gasteiger partial charge is 0.120 e. The first-order valence-corrected chi connectivity index (χ1v) is 5.31. The lowest BCUT2D eigenvalue weighted by Gasteiger charge is -2.07. The van der Waals surface area contributed by atoms with Crippen molar-refractivity contribution >= 4 is 0 Å². The van der Waals surface area contributed by atoms with Crippen LogP contribution in [-0.4, -0.2) is 0 Å². The summed E-state index contributed by atoms with van der Waals surface area (Å²) in [6.45, 7) is 4.45. The van der Waals surface area contributed by atoms with Crippen LogP contribution in [0.15, 0.2) is 0 Å². The van der Waals surface area contributed by atoms with Crippen LogP contribution >= 0.6 is 0 Å². The second kappa shape index (κ2) is 8.65. The zero-order valence-corrected chi connectivity index (χ0v) is 8.60. The van der Waals surface area contributed by atoms with E-state index in [9.17, 15) is 0 Å². The zero-order chi connectivity index (χ0) is 9.23. The van der Waals surface area contributed by atoms with Crippen LogP contribution in [-0.2, 0) is 0 Å². The van der Waals surface area contributed by atoms with Crippen molar-refractivity contribution in [1.82, 2.24) is 0 Å². The lowest BCUT2D eigenvalue weighted by Crippen LogP contribution is -1.95. The average Bonchev–Trinajstić information content (AvgIpc) is 2.10. The molecular weight excluding hydrogens is 144 g/mol. The van der Waals surface area contributed by atoms with Gasteiger partial charge in [0.25, 0.3) is 0 Å². The van der Waals surface area contributed by atoms with E-state index < -0.39 is 0 Å². The molecule has 0 N–H and O–H groups in total. The molecule has 0 aliphatic rings. The van der Waals surface area contributed by atoms with E-state index in [-0.39, 0.29) is 0 Å². The third kappa shape index (κ3) is 6.28. The Balaban J connectivity index is 3.27. The molecule has 0 nitrogen and oxygen atoms in total. The summed E-state index contributed by atoms with van der Waals surface area (Å²) < 4.78 is 0. The fourth-order valence-corrected chi connectivity index (χ4v) is 1.48. The standard InChI is InChI=1S/C12H22/c1-4-7-8-9-11-12(6-3)10-5-2/h3,12H,4-5,7-11H2,1-2H3. The number of rotatable bonds is 7. The van der Waals surface area contributed by atoms with Gasteiger partial charge in [-0.2, -0.15) is 0 Å².